The van der Waals surface area contributed by atoms with Crippen molar-refractivity contribution >= 4 is 0 Å². The second-order valence-electron chi connectivity index (χ2n) is 9.20. The lowest BCUT2D eigenvalue weighted by molar-refractivity contribution is 0.116. The van der Waals surface area contributed by atoms with E-state index in [4.69, 9.17) is 4.74 Å². The molecule has 0 aliphatic rings. The van der Waals surface area contributed by atoms with Gasteiger partial charge in [0.05, 0.1) is 12.7 Å². The highest BCUT2D eigenvalue weighted by molar-refractivity contribution is 5.25. The van der Waals surface area contributed by atoms with Crippen LogP contribution in [0.15, 0.2) is 60.7 Å². The third-order valence-corrected chi connectivity index (χ3v) is 6.60. The van der Waals surface area contributed by atoms with Crippen LogP contribution < -0.4 is 0 Å². The normalized spacial score (nSPS) is 16.6. The lowest BCUT2D eigenvalue weighted by Crippen LogP contribution is -2.28. The monoisotopic (exact) mass is 412 g/mol. The Morgan fingerprint density at radius 2 is 1.23 bits per heavy atom. The summed E-state index contributed by atoms with van der Waals surface area (Å²) in [4.78, 5) is 0. The van der Waals surface area contributed by atoms with Gasteiger partial charge in [-0.3, -0.25) is 0 Å². The van der Waals surface area contributed by atoms with E-state index in [1.807, 2.05) is 12.1 Å². The average Bonchev–Trinajstić information content (AvgIpc) is 2.75. The van der Waals surface area contributed by atoms with Crippen LogP contribution in [0.1, 0.15) is 69.9 Å². The zero-order valence-corrected chi connectivity index (χ0v) is 19.0. The van der Waals surface area contributed by atoms with Crippen molar-refractivity contribution in [3.63, 3.8) is 0 Å². The van der Waals surface area contributed by atoms with E-state index in [-0.39, 0.29) is 23.5 Å². The second kappa shape index (κ2) is 12.2. The van der Waals surface area contributed by atoms with Gasteiger partial charge in [0, 0.05) is 19.1 Å². The fraction of sp³-hybridized carbons (Fsp3) is 0.556. The van der Waals surface area contributed by atoms with Gasteiger partial charge in [-0.05, 0) is 55.1 Å². The SMILES string of the molecule is COCC(C)(CCCC(O)CCCC(C)(CCO)c1ccccc1)c1ccccc1. The molecule has 0 spiro atoms. The van der Waals surface area contributed by atoms with Crippen molar-refractivity contribution in [3.05, 3.63) is 71.8 Å². The summed E-state index contributed by atoms with van der Waals surface area (Å²) in [6, 6.07) is 21.0. The fourth-order valence-electron chi connectivity index (χ4n) is 4.56. The van der Waals surface area contributed by atoms with E-state index in [1.54, 1.807) is 7.11 Å². The van der Waals surface area contributed by atoms with E-state index in [1.165, 1.54) is 11.1 Å². The van der Waals surface area contributed by atoms with Gasteiger partial charge in [0.15, 0.2) is 0 Å². The number of aliphatic hydroxyl groups excluding tert-OH is 2. The zero-order valence-electron chi connectivity index (χ0n) is 19.0. The van der Waals surface area contributed by atoms with Crippen molar-refractivity contribution in [2.45, 2.75) is 75.7 Å². The van der Waals surface area contributed by atoms with Crippen molar-refractivity contribution < 1.29 is 14.9 Å². The molecule has 2 aromatic rings. The maximum atomic E-state index is 10.6. The summed E-state index contributed by atoms with van der Waals surface area (Å²) in [5, 5.41) is 20.1. The Balaban J connectivity index is 1.82. The minimum atomic E-state index is -0.276. The van der Waals surface area contributed by atoms with Crippen LogP contribution in [0.5, 0.6) is 0 Å². The predicted octanol–water partition coefficient (Wildman–Crippen LogP) is 5.63. The lowest BCUT2D eigenvalue weighted by Gasteiger charge is -2.31. The largest absolute Gasteiger partial charge is 0.396 e. The van der Waals surface area contributed by atoms with Crippen LogP contribution in [-0.4, -0.2) is 36.6 Å². The molecule has 2 aromatic carbocycles. The lowest BCUT2D eigenvalue weighted by atomic mass is 9.75. The van der Waals surface area contributed by atoms with E-state index < -0.39 is 0 Å². The first-order valence-corrected chi connectivity index (χ1v) is 11.3. The highest BCUT2D eigenvalue weighted by atomic mass is 16.5. The van der Waals surface area contributed by atoms with Crippen LogP contribution in [0, 0.1) is 0 Å². The van der Waals surface area contributed by atoms with Crippen LogP contribution in [-0.2, 0) is 15.6 Å². The van der Waals surface area contributed by atoms with Crippen molar-refractivity contribution in [2.24, 2.45) is 0 Å². The van der Waals surface area contributed by atoms with Crippen molar-refractivity contribution in [1.29, 1.82) is 0 Å². The number of aliphatic hydroxyl groups is 2. The van der Waals surface area contributed by atoms with E-state index in [0.717, 1.165) is 44.9 Å². The summed E-state index contributed by atoms with van der Waals surface area (Å²) in [5.41, 5.74) is 2.50. The van der Waals surface area contributed by atoms with Gasteiger partial charge in [-0.25, -0.2) is 0 Å². The summed E-state index contributed by atoms with van der Waals surface area (Å²) in [6.45, 7) is 5.34. The Kier molecular flexibility index (Phi) is 10.0. The van der Waals surface area contributed by atoms with Crippen molar-refractivity contribution in [1.82, 2.24) is 0 Å². The number of ether oxygens (including phenoxy) is 1. The maximum absolute atomic E-state index is 10.6. The Morgan fingerprint density at radius 1 is 0.767 bits per heavy atom. The molecule has 0 bridgehead atoms. The molecule has 0 radical (unpaired) electrons. The van der Waals surface area contributed by atoms with Crippen LogP contribution in [0.2, 0.25) is 0 Å². The molecule has 2 rings (SSSR count). The zero-order chi connectivity index (χ0) is 21.9. The van der Waals surface area contributed by atoms with Gasteiger partial charge in [-0.2, -0.15) is 0 Å². The standard InChI is InChI=1S/C27H40O3/c1-26(20-21-28,23-12-6-4-7-13-23)18-10-16-25(29)17-11-19-27(2,22-30-3)24-14-8-5-9-15-24/h4-9,12-15,25,28-29H,10-11,16-22H2,1-3H3. The predicted molar refractivity (Wildman–Crippen MR) is 125 cm³/mol. The Hall–Kier alpha value is -1.68. The van der Waals surface area contributed by atoms with E-state index >= 15 is 0 Å². The molecule has 0 heterocycles. The number of benzene rings is 2. The minimum absolute atomic E-state index is 0.0251. The van der Waals surface area contributed by atoms with Gasteiger partial charge < -0.3 is 14.9 Å². The molecule has 0 saturated carbocycles. The molecule has 30 heavy (non-hydrogen) atoms. The van der Waals surface area contributed by atoms with E-state index in [0.29, 0.717) is 6.61 Å². The summed E-state index contributed by atoms with van der Waals surface area (Å²) >= 11 is 0. The molecule has 3 atom stereocenters. The van der Waals surface area contributed by atoms with E-state index in [2.05, 4.69) is 62.4 Å². The third-order valence-electron chi connectivity index (χ3n) is 6.60. The third kappa shape index (κ3) is 7.23. The first-order chi connectivity index (χ1) is 14.4. The van der Waals surface area contributed by atoms with Gasteiger partial charge in [-0.15, -0.1) is 0 Å². The molecule has 3 unspecified atom stereocenters. The molecule has 0 aliphatic heterocycles. The summed E-state index contributed by atoms with van der Waals surface area (Å²) in [6.07, 6.45) is 5.99. The highest BCUT2D eigenvalue weighted by Crippen LogP contribution is 2.34. The van der Waals surface area contributed by atoms with Gasteiger partial charge >= 0.3 is 0 Å². The molecule has 0 aliphatic carbocycles. The average molecular weight is 413 g/mol. The van der Waals surface area contributed by atoms with Gasteiger partial charge in [0.1, 0.15) is 0 Å². The molecule has 0 saturated heterocycles. The Labute approximate surface area is 183 Å². The summed E-state index contributed by atoms with van der Waals surface area (Å²) in [7, 11) is 1.76. The molecule has 2 N–H and O–H groups in total. The molecular weight excluding hydrogens is 372 g/mol. The van der Waals surface area contributed by atoms with Gasteiger partial charge in [0.25, 0.3) is 0 Å². The molecule has 0 amide bonds. The molecule has 166 valence electrons. The number of hydrogen-bond acceptors (Lipinski definition) is 3. The second-order valence-corrected chi connectivity index (χ2v) is 9.20. The minimum Gasteiger partial charge on any atom is -0.396 e. The Bertz CT molecular complexity index is 641. The number of methoxy groups -OCH3 is 1. The molecule has 0 fully saturated rings. The van der Waals surface area contributed by atoms with Crippen molar-refractivity contribution in [3.8, 4) is 0 Å². The first-order valence-electron chi connectivity index (χ1n) is 11.3. The molecular formula is C27H40O3. The highest BCUT2D eigenvalue weighted by Gasteiger charge is 2.27. The van der Waals surface area contributed by atoms with E-state index in [9.17, 15) is 10.2 Å². The summed E-state index contributed by atoms with van der Waals surface area (Å²) in [5.74, 6) is 0. The molecule has 3 nitrogen and oxygen atoms in total. The van der Waals surface area contributed by atoms with Crippen LogP contribution in [0.4, 0.5) is 0 Å². The quantitative estimate of drug-likeness (QED) is 0.423. The van der Waals surface area contributed by atoms with Gasteiger partial charge in [-0.1, -0.05) is 80.9 Å². The van der Waals surface area contributed by atoms with Crippen LogP contribution in [0.25, 0.3) is 0 Å². The molecule has 3 heteroatoms. The fourth-order valence-corrected chi connectivity index (χ4v) is 4.56. The first kappa shape index (κ1) is 24.6. The van der Waals surface area contributed by atoms with Gasteiger partial charge in [0.2, 0.25) is 0 Å². The van der Waals surface area contributed by atoms with Crippen molar-refractivity contribution in [2.75, 3.05) is 20.3 Å². The maximum Gasteiger partial charge on any atom is 0.0556 e. The summed E-state index contributed by atoms with van der Waals surface area (Å²) < 4.78 is 5.50. The molecule has 0 aromatic heterocycles. The smallest absolute Gasteiger partial charge is 0.0556 e. The Morgan fingerprint density at radius 3 is 1.70 bits per heavy atom. The topological polar surface area (TPSA) is 49.7 Å². The number of hydrogen-bond donors (Lipinski definition) is 2. The van der Waals surface area contributed by atoms with Crippen LogP contribution >= 0.6 is 0 Å². The number of rotatable bonds is 14. The van der Waals surface area contributed by atoms with Crippen LogP contribution in [0.3, 0.4) is 0 Å².